The van der Waals surface area contributed by atoms with E-state index < -0.39 is 17.9 Å². The highest BCUT2D eigenvalue weighted by atomic mass is 35.5. The lowest BCUT2D eigenvalue weighted by atomic mass is 9.84. The van der Waals surface area contributed by atoms with Crippen LogP contribution in [0.5, 0.6) is 0 Å². The topological polar surface area (TPSA) is 129 Å². The van der Waals surface area contributed by atoms with Crippen LogP contribution in [0.15, 0.2) is 97.1 Å². The molecule has 3 unspecified atom stereocenters. The number of likely N-dealkylation sites (tertiary alicyclic amines) is 1. The molecule has 6 rings (SSSR count). The summed E-state index contributed by atoms with van der Waals surface area (Å²) in [5.41, 5.74) is 5.68. The molecule has 0 aromatic heterocycles. The molecule has 4 aromatic carbocycles. The molecule has 0 spiro atoms. The number of nitrogens with one attached hydrogen (secondary N) is 1. The van der Waals surface area contributed by atoms with Gasteiger partial charge < -0.3 is 35.0 Å². The van der Waals surface area contributed by atoms with E-state index in [1.54, 1.807) is 0 Å². The number of aliphatic carboxylic acids is 1. The minimum atomic E-state index is -0.996. The number of hydrogen-bond acceptors (Lipinski definition) is 7. The largest absolute Gasteiger partial charge is 0.481 e. The fourth-order valence-corrected chi connectivity index (χ4v) is 6.80. The molecule has 2 heterocycles. The first-order chi connectivity index (χ1) is 24.2. The molecule has 50 heavy (non-hydrogen) atoms. The van der Waals surface area contributed by atoms with Crippen molar-refractivity contribution >= 4 is 23.5 Å². The number of ether oxygens (including phenoxy) is 2. The Labute approximate surface area is 297 Å². The van der Waals surface area contributed by atoms with Gasteiger partial charge in [0.05, 0.1) is 30.8 Å². The van der Waals surface area contributed by atoms with Gasteiger partial charge >= 0.3 is 5.97 Å². The average Bonchev–Trinajstić information content (AvgIpc) is 3.14. The van der Waals surface area contributed by atoms with Gasteiger partial charge in [-0.1, -0.05) is 90.5 Å². The van der Waals surface area contributed by atoms with E-state index in [1.165, 1.54) is 0 Å². The maximum Gasteiger partial charge on any atom is 0.303 e. The number of aliphatic hydroxyl groups is 2. The van der Waals surface area contributed by atoms with Crippen molar-refractivity contribution in [1.82, 2.24) is 10.2 Å². The van der Waals surface area contributed by atoms with Gasteiger partial charge in [0.1, 0.15) is 0 Å². The van der Waals surface area contributed by atoms with E-state index in [2.05, 4.69) is 10.2 Å². The van der Waals surface area contributed by atoms with Crippen molar-refractivity contribution in [3.8, 4) is 11.1 Å². The smallest absolute Gasteiger partial charge is 0.303 e. The molecule has 2 aliphatic rings. The second-order valence-electron chi connectivity index (χ2n) is 13.2. The summed E-state index contributed by atoms with van der Waals surface area (Å²) >= 11 is 6.08. The molecule has 0 bridgehead atoms. The molecule has 4 aromatic rings. The third kappa shape index (κ3) is 9.17. The summed E-state index contributed by atoms with van der Waals surface area (Å²) in [5, 5.41) is 33.2. The zero-order chi connectivity index (χ0) is 35.1. The number of nitrogens with zero attached hydrogens (tertiary/aromatic N) is 1. The van der Waals surface area contributed by atoms with Gasteiger partial charge in [0.25, 0.3) is 0 Å². The minimum Gasteiger partial charge on any atom is -0.481 e. The van der Waals surface area contributed by atoms with Crippen LogP contribution in [0.2, 0.25) is 5.02 Å². The number of carbonyl (C=O) groups is 2. The van der Waals surface area contributed by atoms with Gasteiger partial charge in [0, 0.05) is 49.6 Å². The quantitative estimate of drug-likeness (QED) is 0.132. The molecule has 0 saturated carbocycles. The number of carboxylic acid groups (broad SMARTS) is 1. The number of halogens is 1. The molecule has 3 atom stereocenters. The maximum atomic E-state index is 12.0. The fourth-order valence-electron chi connectivity index (χ4n) is 6.68. The third-order valence-corrected chi connectivity index (χ3v) is 9.89. The highest BCUT2D eigenvalue weighted by Crippen LogP contribution is 2.40. The van der Waals surface area contributed by atoms with Crippen LogP contribution in [0.25, 0.3) is 11.1 Å². The van der Waals surface area contributed by atoms with Crippen LogP contribution in [0, 0.1) is 0 Å². The van der Waals surface area contributed by atoms with E-state index in [0.29, 0.717) is 37.4 Å². The number of hydrogen-bond donors (Lipinski definition) is 4. The minimum absolute atomic E-state index is 0.0197. The van der Waals surface area contributed by atoms with Gasteiger partial charge in [-0.15, -0.1) is 0 Å². The van der Waals surface area contributed by atoms with Crippen LogP contribution < -0.4 is 5.32 Å². The van der Waals surface area contributed by atoms with Crippen LogP contribution in [-0.4, -0.2) is 57.8 Å². The molecule has 262 valence electrons. The zero-order valence-corrected chi connectivity index (χ0v) is 28.6. The Bertz CT molecular complexity index is 1740. The van der Waals surface area contributed by atoms with Gasteiger partial charge in [-0.05, 0) is 64.4 Å². The van der Waals surface area contributed by atoms with Crippen molar-refractivity contribution in [2.24, 2.45) is 0 Å². The Hall–Kier alpha value is -4.09. The summed E-state index contributed by atoms with van der Waals surface area (Å²) < 4.78 is 13.2. The normalized spacial score (nSPS) is 20.7. The zero-order valence-electron chi connectivity index (χ0n) is 27.8. The molecule has 2 saturated heterocycles. The van der Waals surface area contributed by atoms with Crippen molar-refractivity contribution in [3.63, 3.8) is 0 Å². The van der Waals surface area contributed by atoms with Crippen molar-refractivity contribution in [1.29, 1.82) is 0 Å². The standard InChI is InChI=1S/C40H43ClN2O7/c41-34-14-12-33(13-15-34)40(48)18-20-43(21-19-40)25-35-23-36(30-6-4-27(26-44)5-7-30)50-39(49-35)31-10-8-29(9-11-31)32-3-1-2-28(22-32)24-42-37(45)16-17-38(46)47/h1-15,22,35-36,39,44,48H,16-21,23-26H2,(H,42,45)(H,46,47). The number of aliphatic hydroxyl groups excluding tert-OH is 1. The number of amides is 1. The van der Waals surface area contributed by atoms with Gasteiger partial charge in [0.15, 0.2) is 6.29 Å². The first kappa shape index (κ1) is 35.7. The average molecular weight is 699 g/mol. The summed E-state index contributed by atoms with van der Waals surface area (Å²) in [4.78, 5) is 25.1. The molecule has 2 aliphatic heterocycles. The summed E-state index contributed by atoms with van der Waals surface area (Å²) in [6, 6.07) is 31.3. The molecule has 2 fully saturated rings. The third-order valence-electron chi connectivity index (χ3n) is 9.64. The predicted octanol–water partition coefficient (Wildman–Crippen LogP) is 6.51. The molecular weight excluding hydrogens is 656 g/mol. The van der Waals surface area contributed by atoms with E-state index in [1.807, 2.05) is 97.1 Å². The Morgan fingerprint density at radius 2 is 1.54 bits per heavy atom. The van der Waals surface area contributed by atoms with Gasteiger partial charge in [-0.25, -0.2) is 0 Å². The molecule has 9 nitrogen and oxygen atoms in total. The van der Waals surface area contributed by atoms with E-state index in [-0.39, 0.29) is 37.6 Å². The predicted molar refractivity (Wildman–Crippen MR) is 190 cm³/mol. The molecule has 10 heteroatoms. The highest BCUT2D eigenvalue weighted by Gasteiger charge is 2.37. The van der Waals surface area contributed by atoms with Crippen molar-refractivity contribution in [2.75, 3.05) is 19.6 Å². The molecule has 0 aliphatic carbocycles. The maximum absolute atomic E-state index is 12.0. The molecule has 0 radical (unpaired) electrons. The van der Waals surface area contributed by atoms with E-state index in [9.17, 15) is 19.8 Å². The van der Waals surface area contributed by atoms with Gasteiger partial charge in [-0.3, -0.25) is 9.59 Å². The molecule has 4 N–H and O–H groups in total. The first-order valence-electron chi connectivity index (χ1n) is 17.1. The summed E-state index contributed by atoms with van der Waals surface area (Å²) in [6.07, 6.45) is 0.754. The van der Waals surface area contributed by atoms with E-state index >= 15 is 0 Å². The van der Waals surface area contributed by atoms with Crippen LogP contribution >= 0.6 is 11.6 Å². The van der Waals surface area contributed by atoms with Gasteiger partial charge in [0.2, 0.25) is 5.91 Å². The second-order valence-corrected chi connectivity index (χ2v) is 13.6. The van der Waals surface area contributed by atoms with E-state index in [4.69, 9.17) is 26.2 Å². The summed E-state index contributed by atoms with van der Waals surface area (Å²) in [5.74, 6) is -1.29. The van der Waals surface area contributed by atoms with Crippen LogP contribution in [-0.2, 0) is 37.8 Å². The van der Waals surface area contributed by atoms with E-state index in [0.717, 1.165) is 52.0 Å². The van der Waals surface area contributed by atoms with Crippen LogP contribution in [0.4, 0.5) is 0 Å². The number of piperidine rings is 1. The Morgan fingerprint density at radius 1 is 0.840 bits per heavy atom. The first-order valence-corrected chi connectivity index (χ1v) is 17.4. The van der Waals surface area contributed by atoms with Crippen LogP contribution in [0.1, 0.15) is 72.3 Å². The lowest BCUT2D eigenvalue weighted by Crippen LogP contribution is -2.46. The number of rotatable bonds is 12. The summed E-state index contributed by atoms with van der Waals surface area (Å²) in [6.45, 7) is 2.47. The monoisotopic (exact) mass is 698 g/mol. The Balaban J connectivity index is 1.13. The second kappa shape index (κ2) is 16.3. The Kier molecular flexibility index (Phi) is 11.6. The highest BCUT2D eigenvalue weighted by molar-refractivity contribution is 6.30. The lowest BCUT2D eigenvalue weighted by Gasteiger charge is -2.42. The van der Waals surface area contributed by atoms with Crippen molar-refractivity contribution < 1.29 is 34.4 Å². The number of benzene rings is 4. The van der Waals surface area contributed by atoms with Crippen LogP contribution in [0.3, 0.4) is 0 Å². The Morgan fingerprint density at radius 3 is 2.22 bits per heavy atom. The van der Waals surface area contributed by atoms with Crippen molar-refractivity contribution in [3.05, 3.63) is 130 Å². The molecular formula is C40H43ClN2O7. The van der Waals surface area contributed by atoms with Crippen molar-refractivity contribution in [2.45, 2.75) is 69.4 Å². The SMILES string of the molecule is O=C(O)CCC(=O)NCc1cccc(-c2ccc(C3OC(CN4CCC(O)(c5ccc(Cl)cc5)CC4)CC(c4ccc(CO)cc4)O3)cc2)c1. The molecule has 1 amide bonds. The summed E-state index contributed by atoms with van der Waals surface area (Å²) in [7, 11) is 0. The number of carboxylic acids is 1. The fraction of sp³-hybridized carbons (Fsp3) is 0.350. The lowest BCUT2D eigenvalue weighted by molar-refractivity contribution is -0.253. The van der Waals surface area contributed by atoms with Gasteiger partial charge in [-0.2, -0.15) is 0 Å². The number of carbonyl (C=O) groups excluding carboxylic acids is 1.